The topological polar surface area (TPSA) is 67.5 Å². The van der Waals surface area contributed by atoms with E-state index in [1.165, 1.54) is 0 Å². The van der Waals surface area contributed by atoms with Crippen molar-refractivity contribution in [2.24, 2.45) is 5.92 Å². The summed E-state index contributed by atoms with van der Waals surface area (Å²) >= 11 is 6.33. The van der Waals surface area contributed by atoms with Crippen molar-refractivity contribution in [2.75, 3.05) is 57.6 Å². The summed E-state index contributed by atoms with van der Waals surface area (Å²) in [5.41, 5.74) is 6.45. The molecule has 1 aromatic rings. The van der Waals surface area contributed by atoms with Crippen molar-refractivity contribution < 1.29 is 4.74 Å². The minimum absolute atomic E-state index is 0.260. The van der Waals surface area contributed by atoms with Crippen LogP contribution in [-0.2, 0) is 4.74 Å². The fraction of sp³-hybridized carbons (Fsp3) is 0.692. The lowest BCUT2D eigenvalue weighted by molar-refractivity contribution is 0.113. The van der Waals surface area contributed by atoms with E-state index in [0.29, 0.717) is 29.1 Å². The molecule has 0 bridgehead atoms. The van der Waals surface area contributed by atoms with E-state index in [1.54, 1.807) is 0 Å². The van der Waals surface area contributed by atoms with Crippen LogP contribution >= 0.6 is 11.6 Å². The Morgan fingerprint density at radius 1 is 1.45 bits per heavy atom. The summed E-state index contributed by atoms with van der Waals surface area (Å²) < 4.78 is 5.67. The Morgan fingerprint density at radius 3 is 2.90 bits per heavy atom. The van der Waals surface area contributed by atoms with Gasteiger partial charge in [0, 0.05) is 25.6 Å². The van der Waals surface area contributed by atoms with Gasteiger partial charge in [0.15, 0.2) is 5.82 Å². The molecule has 0 radical (unpaired) electrons. The van der Waals surface area contributed by atoms with Crippen LogP contribution in [0.25, 0.3) is 0 Å². The van der Waals surface area contributed by atoms with E-state index < -0.39 is 0 Å². The van der Waals surface area contributed by atoms with Crippen molar-refractivity contribution in [3.05, 3.63) is 10.7 Å². The van der Waals surface area contributed by atoms with E-state index in [4.69, 9.17) is 22.1 Å². The minimum Gasteiger partial charge on any atom is -0.379 e. The molecule has 1 saturated heterocycles. The molecule has 1 atom stereocenters. The Morgan fingerprint density at radius 2 is 2.20 bits per heavy atom. The third-order valence-corrected chi connectivity index (χ3v) is 3.72. The molecule has 2 N–H and O–H groups in total. The molecular weight excluding hydrogens is 278 g/mol. The first kappa shape index (κ1) is 15.3. The van der Waals surface area contributed by atoms with Gasteiger partial charge < -0.3 is 20.3 Å². The molecule has 1 aliphatic rings. The van der Waals surface area contributed by atoms with Gasteiger partial charge in [-0.05, 0) is 21.0 Å². The second kappa shape index (κ2) is 6.56. The van der Waals surface area contributed by atoms with Gasteiger partial charge in [0.2, 0.25) is 5.95 Å². The lowest BCUT2D eigenvalue weighted by Gasteiger charge is -2.27. The number of aromatic nitrogens is 2. The van der Waals surface area contributed by atoms with Crippen molar-refractivity contribution in [3.63, 3.8) is 0 Å². The molecule has 112 valence electrons. The van der Waals surface area contributed by atoms with Crippen molar-refractivity contribution >= 4 is 23.4 Å². The van der Waals surface area contributed by atoms with Crippen LogP contribution in [0.5, 0.6) is 0 Å². The maximum absolute atomic E-state index is 6.33. The molecule has 0 amide bonds. The van der Waals surface area contributed by atoms with Gasteiger partial charge in [-0.1, -0.05) is 11.6 Å². The molecule has 7 heteroatoms. The van der Waals surface area contributed by atoms with Gasteiger partial charge in [-0.15, -0.1) is 0 Å². The first-order chi connectivity index (χ1) is 9.47. The summed E-state index contributed by atoms with van der Waals surface area (Å²) in [6, 6.07) is 0. The van der Waals surface area contributed by atoms with Gasteiger partial charge >= 0.3 is 0 Å². The van der Waals surface area contributed by atoms with Gasteiger partial charge in [0.1, 0.15) is 5.02 Å². The smallest absolute Gasteiger partial charge is 0.222 e. The molecule has 1 fully saturated rings. The van der Waals surface area contributed by atoms with E-state index in [1.807, 2.05) is 6.92 Å². The zero-order valence-corrected chi connectivity index (χ0v) is 13.0. The second-order valence-electron chi connectivity index (χ2n) is 5.45. The normalized spacial score (nSPS) is 20.2. The summed E-state index contributed by atoms with van der Waals surface area (Å²) in [5, 5.41) is 0.574. The lowest BCUT2D eigenvalue weighted by atomic mass is 10.1. The average Bonchev–Trinajstić information content (AvgIpc) is 2.58. The fourth-order valence-electron chi connectivity index (χ4n) is 2.47. The van der Waals surface area contributed by atoms with Crippen molar-refractivity contribution in [1.29, 1.82) is 0 Å². The Labute approximate surface area is 124 Å². The van der Waals surface area contributed by atoms with Gasteiger partial charge in [-0.3, -0.25) is 0 Å². The first-order valence-corrected chi connectivity index (χ1v) is 7.12. The predicted molar refractivity (Wildman–Crippen MR) is 81.3 cm³/mol. The predicted octanol–water partition coefficient (Wildman–Crippen LogP) is 1.04. The Kier molecular flexibility index (Phi) is 5.01. The fourth-order valence-corrected chi connectivity index (χ4v) is 2.68. The van der Waals surface area contributed by atoms with Crippen molar-refractivity contribution in [2.45, 2.75) is 6.92 Å². The zero-order chi connectivity index (χ0) is 14.7. The van der Waals surface area contributed by atoms with Crippen LogP contribution < -0.4 is 10.6 Å². The lowest BCUT2D eigenvalue weighted by Crippen LogP contribution is -2.35. The number of anilines is 2. The summed E-state index contributed by atoms with van der Waals surface area (Å²) in [7, 11) is 4.13. The van der Waals surface area contributed by atoms with Crippen LogP contribution in [-0.4, -0.2) is 61.8 Å². The summed E-state index contributed by atoms with van der Waals surface area (Å²) in [5.74, 6) is 1.39. The molecule has 0 aromatic carbocycles. The van der Waals surface area contributed by atoms with Crippen LogP contribution in [0.15, 0.2) is 0 Å². The third kappa shape index (κ3) is 3.71. The van der Waals surface area contributed by atoms with Gasteiger partial charge in [-0.2, -0.15) is 4.98 Å². The molecular formula is C13H22ClN5O. The number of ether oxygens (including phenoxy) is 1. The van der Waals surface area contributed by atoms with Crippen LogP contribution in [0.4, 0.5) is 11.8 Å². The monoisotopic (exact) mass is 299 g/mol. The number of nitrogens with zero attached hydrogens (tertiary/aromatic N) is 4. The molecule has 2 heterocycles. The number of nitrogens with two attached hydrogens (primary N) is 1. The summed E-state index contributed by atoms with van der Waals surface area (Å²) in [4.78, 5) is 12.7. The molecule has 1 unspecified atom stereocenters. The summed E-state index contributed by atoms with van der Waals surface area (Å²) in [6.45, 7) is 5.85. The van der Waals surface area contributed by atoms with Gasteiger partial charge in [0.25, 0.3) is 0 Å². The second-order valence-corrected chi connectivity index (χ2v) is 5.83. The number of aryl methyl sites for hydroxylation is 1. The quantitative estimate of drug-likeness (QED) is 0.899. The molecule has 2 rings (SSSR count). The maximum Gasteiger partial charge on any atom is 0.222 e. The summed E-state index contributed by atoms with van der Waals surface area (Å²) in [6.07, 6.45) is 0. The van der Waals surface area contributed by atoms with E-state index in [-0.39, 0.29) is 5.95 Å². The SMILES string of the molecule is Cc1nc(N)nc(N2CCOCC(CN(C)C)C2)c1Cl. The number of rotatable bonds is 3. The van der Waals surface area contributed by atoms with Crippen molar-refractivity contribution in [3.8, 4) is 0 Å². The van der Waals surface area contributed by atoms with E-state index in [2.05, 4.69) is 33.9 Å². The van der Waals surface area contributed by atoms with Crippen LogP contribution in [0.2, 0.25) is 5.02 Å². The molecule has 1 aromatic heterocycles. The maximum atomic E-state index is 6.33. The third-order valence-electron chi connectivity index (χ3n) is 3.28. The van der Waals surface area contributed by atoms with Crippen LogP contribution in [0, 0.1) is 12.8 Å². The Hall–Kier alpha value is -1.11. The highest BCUT2D eigenvalue weighted by Gasteiger charge is 2.23. The molecule has 0 saturated carbocycles. The van der Waals surface area contributed by atoms with Crippen LogP contribution in [0.3, 0.4) is 0 Å². The molecule has 0 aliphatic carbocycles. The van der Waals surface area contributed by atoms with E-state index in [0.717, 1.165) is 26.2 Å². The van der Waals surface area contributed by atoms with Crippen molar-refractivity contribution in [1.82, 2.24) is 14.9 Å². The Bertz CT molecular complexity index is 468. The minimum atomic E-state index is 0.260. The van der Waals surface area contributed by atoms with Gasteiger partial charge in [0.05, 0.1) is 18.9 Å². The number of hydrogen-bond donors (Lipinski definition) is 1. The highest BCUT2D eigenvalue weighted by molar-refractivity contribution is 6.33. The first-order valence-electron chi connectivity index (χ1n) is 6.74. The number of halogens is 1. The zero-order valence-electron chi connectivity index (χ0n) is 12.3. The van der Waals surface area contributed by atoms with E-state index in [9.17, 15) is 0 Å². The standard InChI is InChI=1S/C13H22ClN5O/c1-9-11(14)12(17-13(15)16-9)19-4-5-20-8-10(7-19)6-18(2)3/h10H,4-8H2,1-3H3,(H2,15,16,17). The van der Waals surface area contributed by atoms with Crippen LogP contribution in [0.1, 0.15) is 5.69 Å². The average molecular weight is 300 g/mol. The molecule has 1 aliphatic heterocycles. The number of nitrogen functional groups attached to an aromatic ring is 1. The highest BCUT2D eigenvalue weighted by Crippen LogP contribution is 2.28. The Balaban J connectivity index is 2.22. The molecule has 6 nitrogen and oxygen atoms in total. The number of hydrogen-bond acceptors (Lipinski definition) is 6. The van der Waals surface area contributed by atoms with E-state index >= 15 is 0 Å². The largest absolute Gasteiger partial charge is 0.379 e. The molecule has 0 spiro atoms. The molecule has 20 heavy (non-hydrogen) atoms. The highest BCUT2D eigenvalue weighted by atomic mass is 35.5. The van der Waals surface area contributed by atoms with Gasteiger partial charge in [-0.25, -0.2) is 4.98 Å².